The summed E-state index contributed by atoms with van der Waals surface area (Å²) in [6.45, 7) is 2.24. The lowest BCUT2D eigenvalue weighted by atomic mass is 10.2. The molecule has 0 spiro atoms. The fourth-order valence-corrected chi connectivity index (χ4v) is 3.23. The number of esters is 1. The molecule has 29 heavy (non-hydrogen) atoms. The van der Waals surface area contributed by atoms with Gasteiger partial charge in [-0.25, -0.2) is 4.79 Å². The lowest BCUT2D eigenvalue weighted by Crippen LogP contribution is -2.17. The van der Waals surface area contributed by atoms with E-state index in [0.717, 1.165) is 24.5 Å². The first-order valence-corrected chi connectivity index (χ1v) is 9.48. The summed E-state index contributed by atoms with van der Waals surface area (Å²) >= 11 is 0. The van der Waals surface area contributed by atoms with Gasteiger partial charge in [0.15, 0.2) is 5.82 Å². The molecule has 8 nitrogen and oxygen atoms in total. The van der Waals surface area contributed by atoms with Gasteiger partial charge in [0.2, 0.25) is 5.95 Å². The van der Waals surface area contributed by atoms with Crippen LogP contribution in [0.15, 0.2) is 54.7 Å². The number of rotatable bonds is 6. The van der Waals surface area contributed by atoms with Crippen LogP contribution in [0, 0.1) is 0 Å². The number of carbonyl (C=O) groups excluding carboxylic acids is 1. The zero-order chi connectivity index (χ0) is 20.1. The minimum atomic E-state index is -0.373. The predicted octanol–water partition coefficient (Wildman–Crippen LogP) is 3.75. The second kappa shape index (κ2) is 8.55. The Morgan fingerprint density at radius 2 is 1.62 bits per heavy atom. The van der Waals surface area contributed by atoms with Crippen LogP contribution < -0.4 is 15.5 Å². The molecule has 0 saturated carbocycles. The van der Waals surface area contributed by atoms with Gasteiger partial charge >= 0.3 is 5.97 Å². The SMILES string of the molecule is COC(=O)c1ccc(Nc2cnnc(Nc3ccc(N4CCCC4)cc3)n2)cc1. The summed E-state index contributed by atoms with van der Waals surface area (Å²) in [5, 5.41) is 14.4. The normalized spacial score (nSPS) is 13.2. The Hall–Kier alpha value is -3.68. The maximum atomic E-state index is 11.5. The van der Waals surface area contributed by atoms with Gasteiger partial charge in [0.25, 0.3) is 0 Å². The van der Waals surface area contributed by atoms with Gasteiger partial charge in [-0.05, 0) is 61.4 Å². The molecule has 0 radical (unpaired) electrons. The van der Waals surface area contributed by atoms with E-state index in [9.17, 15) is 4.79 Å². The lowest BCUT2D eigenvalue weighted by molar-refractivity contribution is 0.0601. The molecule has 1 saturated heterocycles. The average Bonchev–Trinajstić information content (AvgIpc) is 3.29. The van der Waals surface area contributed by atoms with Crippen molar-refractivity contribution in [1.29, 1.82) is 0 Å². The second-order valence-electron chi connectivity index (χ2n) is 6.73. The summed E-state index contributed by atoms with van der Waals surface area (Å²) in [6, 6.07) is 15.2. The van der Waals surface area contributed by atoms with E-state index in [1.807, 2.05) is 12.1 Å². The zero-order valence-corrected chi connectivity index (χ0v) is 16.1. The number of nitrogens with one attached hydrogen (secondary N) is 2. The van der Waals surface area contributed by atoms with Crippen molar-refractivity contribution in [3.63, 3.8) is 0 Å². The minimum Gasteiger partial charge on any atom is -0.465 e. The summed E-state index contributed by atoms with van der Waals surface area (Å²) in [5.41, 5.74) is 3.39. The number of anilines is 5. The molecular formula is C21H22N6O2. The first-order chi connectivity index (χ1) is 14.2. The molecule has 1 aliphatic rings. The fourth-order valence-electron chi connectivity index (χ4n) is 3.23. The Labute approximate surface area is 168 Å². The number of carbonyl (C=O) groups is 1. The third-order valence-corrected chi connectivity index (χ3v) is 4.73. The van der Waals surface area contributed by atoms with Crippen LogP contribution in [0.25, 0.3) is 0 Å². The Morgan fingerprint density at radius 3 is 2.31 bits per heavy atom. The zero-order valence-electron chi connectivity index (χ0n) is 16.1. The molecule has 3 aromatic rings. The van der Waals surface area contributed by atoms with E-state index in [4.69, 9.17) is 4.74 Å². The van der Waals surface area contributed by atoms with Crippen LogP contribution in [0.1, 0.15) is 23.2 Å². The van der Waals surface area contributed by atoms with Gasteiger partial charge < -0.3 is 20.3 Å². The molecule has 0 bridgehead atoms. The number of aromatic nitrogens is 3. The Balaban J connectivity index is 1.41. The Kier molecular flexibility index (Phi) is 5.51. The molecule has 2 N–H and O–H groups in total. The van der Waals surface area contributed by atoms with E-state index in [1.165, 1.54) is 31.8 Å². The van der Waals surface area contributed by atoms with Gasteiger partial charge in [-0.15, -0.1) is 5.10 Å². The van der Waals surface area contributed by atoms with Crippen LogP contribution in [0.5, 0.6) is 0 Å². The monoisotopic (exact) mass is 390 g/mol. The van der Waals surface area contributed by atoms with E-state index in [0.29, 0.717) is 17.3 Å². The molecule has 2 aromatic carbocycles. The van der Waals surface area contributed by atoms with Gasteiger partial charge in [-0.2, -0.15) is 10.1 Å². The van der Waals surface area contributed by atoms with Crippen molar-refractivity contribution in [2.75, 3.05) is 35.7 Å². The average molecular weight is 390 g/mol. The van der Waals surface area contributed by atoms with Crippen molar-refractivity contribution >= 4 is 34.8 Å². The molecule has 1 aromatic heterocycles. The van der Waals surface area contributed by atoms with Gasteiger partial charge in [-0.1, -0.05) is 0 Å². The standard InChI is InChI=1S/C21H22N6O2/c1-29-20(28)15-4-6-16(7-5-15)23-19-14-22-26-21(25-19)24-17-8-10-18(11-9-17)27-12-2-3-13-27/h4-11,14H,2-3,12-13H2,1H3,(H2,23,24,25,26). The lowest BCUT2D eigenvalue weighted by Gasteiger charge is -2.17. The molecule has 2 heterocycles. The Morgan fingerprint density at radius 1 is 0.966 bits per heavy atom. The fraction of sp³-hybridized carbons (Fsp3) is 0.238. The molecular weight excluding hydrogens is 368 g/mol. The molecule has 4 rings (SSSR count). The third-order valence-electron chi connectivity index (χ3n) is 4.73. The van der Waals surface area contributed by atoms with Crippen molar-refractivity contribution < 1.29 is 9.53 Å². The van der Waals surface area contributed by atoms with Crippen molar-refractivity contribution in [3.8, 4) is 0 Å². The van der Waals surface area contributed by atoms with Crippen molar-refractivity contribution in [2.45, 2.75) is 12.8 Å². The summed E-state index contributed by atoms with van der Waals surface area (Å²) in [6.07, 6.45) is 4.05. The van der Waals surface area contributed by atoms with Crippen molar-refractivity contribution in [2.24, 2.45) is 0 Å². The number of benzene rings is 2. The topological polar surface area (TPSA) is 92.3 Å². The number of hydrogen-bond acceptors (Lipinski definition) is 8. The van der Waals surface area contributed by atoms with Gasteiger partial charge in [0, 0.05) is 30.2 Å². The largest absolute Gasteiger partial charge is 0.465 e. The number of hydrogen-bond donors (Lipinski definition) is 2. The molecule has 1 aliphatic heterocycles. The second-order valence-corrected chi connectivity index (χ2v) is 6.73. The molecule has 148 valence electrons. The van der Waals surface area contributed by atoms with E-state index < -0.39 is 0 Å². The number of ether oxygens (including phenoxy) is 1. The number of nitrogens with zero attached hydrogens (tertiary/aromatic N) is 4. The number of methoxy groups -OCH3 is 1. The van der Waals surface area contributed by atoms with Crippen LogP contribution >= 0.6 is 0 Å². The highest BCUT2D eigenvalue weighted by Crippen LogP contribution is 2.23. The van der Waals surface area contributed by atoms with E-state index in [-0.39, 0.29) is 5.97 Å². The van der Waals surface area contributed by atoms with Crippen molar-refractivity contribution in [3.05, 3.63) is 60.3 Å². The highest BCUT2D eigenvalue weighted by atomic mass is 16.5. The van der Waals surface area contributed by atoms with E-state index in [1.54, 1.807) is 24.3 Å². The maximum Gasteiger partial charge on any atom is 0.337 e. The van der Waals surface area contributed by atoms with E-state index in [2.05, 4.69) is 42.8 Å². The van der Waals surface area contributed by atoms with Crippen LogP contribution in [-0.4, -0.2) is 41.3 Å². The molecule has 0 atom stereocenters. The smallest absolute Gasteiger partial charge is 0.337 e. The Bertz CT molecular complexity index is 969. The molecule has 0 aliphatic carbocycles. The summed E-state index contributed by atoms with van der Waals surface area (Å²) in [4.78, 5) is 18.3. The summed E-state index contributed by atoms with van der Waals surface area (Å²) in [5.74, 6) is 0.569. The first kappa shape index (κ1) is 18.7. The van der Waals surface area contributed by atoms with Crippen LogP contribution in [0.4, 0.5) is 28.8 Å². The highest BCUT2D eigenvalue weighted by molar-refractivity contribution is 5.89. The van der Waals surface area contributed by atoms with Gasteiger partial charge in [0.1, 0.15) is 0 Å². The summed E-state index contributed by atoms with van der Waals surface area (Å²) in [7, 11) is 1.36. The van der Waals surface area contributed by atoms with Crippen LogP contribution in [-0.2, 0) is 4.74 Å². The van der Waals surface area contributed by atoms with Gasteiger partial charge in [-0.3, -0.25) is 0 Å². The van der Waals surface area contributed by atoms with E-state index >= 15 is 0 Å². The first-order valence-electron chi connectivity index (χ1n) is 9.48. The van der Waals surface area contributed by atoms with Crippen LogP contribution in [0.2, 0.25) is 0 Å². The van der Waals surface area contributed by atoms with Gasteiger partial charge in [0.05, 0.1) is 18.9 Å². The highest BCUT2D eigenvalue weighted by Gasteiger charge is 2.12. The molecule has 1 fully saturated rings. The predicted molar refractivity (Wildman–Crippen MR) is 112 cm³/mol. The molecule has 0 unspecified atom stereocenters. The van der Waals surface area contributed by atoms with Crippen molar-refractivity contribution in [1.82, 2.24) is 15.2 Å². The summed E-state index contributed by atoms with van der Waals surface area (Å²) < 4.78 is 4.70. The molecule has 0 amide bonds. The quantitative estimate of drug-likeness (QED) is 0.615. The minimum absolute atomic E-state index is 0.373. The van der Waals surface area contributed by atoms with Crippen LogP contribution in [0.3, 0.4) is 0 Å². The molecule has 8 heteroatoms. The maximum absolute atomic E-state index is 11.5. The third kappa shape index (κ3) is 4.60.